The highest BCUT2D eigenvalue weighted by Gasteiger charge is 2.42. The molecule has 0 aromatic heterocycles. The molecule has 2 aliphatic rings. The van der Waals surface area contributed by atoms with Gasteiger partial charge in [-0.1, -0.05) is 58.3 Å². The number of aliphatic hydroxyl groups excluding tert-OH is 1. The fraction of sp³-hybridized carbons (Fsp3) is 1.00. The first kappa shape index (κ1) is 13.4. The molecule has 0 spiro atoms. The van der Waals surface area contributed by atoms with Crippen molar-refractivity contribution in [3.8, 4) is 0 Å². The molecule has 1 nitrogen and oxygen atoms in total. The molecule has 100 valence electrons. The molecular weight excluding hydrogens is 208 g/mol. The third kappa shape index (κ3) is 3.05. The van der Waals surface area contributed by atoms with Crippen LogP contribution in [-0.4, -0.2) is 11.2 Å². The third-order valence-corrected chi connectivity index (χ3v) is 5.48. The summed E-state index contributed by atoms with van der Waals surface area (Å²) < 4.78 is 0. The molecule has 17 heavy (non-hydrogen) atoms. The van der Waals surface area contributed by atoms with Gasteiger partial charge >= 0.3 is 0 Å². The lowest BCUT2D eigenvalue weighted by atomic mass is 9.59. The topological polar surface area (TPSA) is 20.2 Å². The van der Waals surface area contributed by atoms with E-state index in [1.807, 2.05) is 6.92 Å². The van der Waals surface area contributed by atoms with E-state index in [1.165, 1.54) is 64.2 Å². The predicted octanol–water partition coefficient (Wildman–Crippen LogP) is 4.53. The molecule has 0 aromatic rings. The van der Waals surface area contributed by atoms with E-state index in [1.54, 1.807) is 0 Å². The standard InChI is InChI=1S/C16H30O/c1-13(17)15(14-9-5-3-6-10-14)16(2)11-7-4-8-12-16/h13-15,17H,3-12H2,1-2H3. The molecular formula is C16H30O. The molecule has 1 heteroatoms. The SMILES string of the molecule is CC(O)C(C1CCCCC1)C1(C)CCCCC1. The van der Waals surface area contributed by atoms with Gasteiger partial charge in [0.05, 0.1) is 6.10 Å². The Morgan fingerprint density at radius 2 is 1.47 bits per heavy atom. The van der Waals surface area contributed by atoms with Gasteiger partial charge in [0.15, 0.2) is 0 Å². The van der Waals surface area contributed by atoms with Gasteiger partial charge in [-0.3, -0.25) is 0 Å². The van der Waals surface area contributed by atoms with Crippen molar-refractivity contribution in [3.05, 3.63) is 0 Å². The van der Waals surface area contributed by atoms with Crippen LogP contribution in [0.2, 0.25) is 0 Å². The molecule has 0 radical (unpaired) electrons. The number of rotatable bonds is 3. The number of hydrogen-bond donors (Lipinski definition) is 1. The van der Waals surface area contributed by atoms with Crippen LogP contribution in [0, 0.1) is 17.3 Å². The van der Waals surface area contributed by atoms with Crippen LogP contribution in [0.5, 0.6) is 0 Å². The van der Waals surface area contributed by atoms with E-state index in [4.69, 9.17) is 0 Å². The summed E-state index contributed by atoms with van der Waals surface area (Å²) in [7, 11) is 0. The molecule has 0 heterocycles. The molecule has 0 saturated heterocycles. The van der Waals surface area contributed by atoms with Gasteiger partial charge in [0, 0.05) is 0 Å². The summed E-state index contributed by atoms with van der Waals surface area (Å²) in [5.74, 6) is 1.36. The van der Waals surface area contributed by atoms with Gasteiger partial charge in [-0.05, 0) is 37.0 Å². The van der Waals surface area contributed by atoms with Crippen molar-refractivity contribution in [2.75, 3.05) is 0 Å². The van der Waals surface area contributed by atoms with E-state index in [0.29, 0.717) is 11.3 Å². The first-order chi connectivity index (χ1) is 8.13. The maximum atomic E-state index is 10.3. The first-order valence-corrected chi connectivity index (χ1v) is 7.81. The summed E-state index contributed by atoms with van der Waals surface area (Å²) in [6, 6.07) is 0. The third-order valence-electron chi connectivity index (χ3n) is 5.48. The normalized spacial score (nSPS) is 29.8. The highest BCUT2D eigenvalue weighted by atomic mass is 16.3. The van der Waals surface area contributed by atoms with Gasteiger partial charge in [0.25, 0.3) is 0 Å². The summed E-state index contributed by atoms with van der Waals surface area (Å²) in [4.78, 5) is 0. The monoisotopic (exact) mass is 238 g/mol. The van der Waals surface area contributed by atoms with Crippen molar-refractivity contribution < 1.29 is 5.11 Å². The number of aliphatic hydroxyl groups is 1. The van der Waals surface area contributed by atoms with E-state index in [0.717, 1.165) is 5.92 Å². The van der Waals surface area contributed by atoms with Crippen molar-refractivity contribution in [1.82, 2.24) is 0 Å². The second-order valence-electron chi connectivity index (χ2n) is 6.88. The summed E-state index contributed by atoms with van der Waals surface area (Å²) >= 11 is 0. The van der Waals surface area contributed by atoms with Crippen LogP contribution in [0.3, 0.4) is 0 Å². The van der Waals surface area contributed by atoms with Crippen LogP contribution < -0.4 is 0 Å². The van der Waals surface area contributed by atoms with Gasteiger partial charge in [-0.2, -0.15) is 0 Å². The van der Waals surface area contributed by atoms with Gasteiger partial charge in [0.2, 0.25) is 0 Å². The minimum atomic E-state index is -0.110. The zero-order chi connectivity index (χ0) is 12.3. The molecule has 2 unspecified atom stereocenters. The van der Waals surface area contributed by atoms with Crippen LogP contribution in [0.1, 0.15) is 78.1 Å². The smallest absolute Gasteiger partial charge is 0.0548 e. The fourth-order valence-electron chi connectivity index (χ4n) is 4.73. The van der Waals surface area contributed by atoms with Gasteiger partial charge < -0.3 is 5.11 Å². The molecule has 0 amide bonds. The van der Waals surface area contributed by atoms with Crippen molar-refractivity contribution in [1.29, 1.82) is 0 Å². The molecule has 1 N–H and O–H groups in total. The maximum absolute atomic E-state index is 10.3. The Morgan fingerprint density at radius 3 is 2.00 bits per heavy atom. The fourth-order valence-corrected chi connectivity index (χ4v) is 4.73. The Hall–Kier alpha value is -0.0400. The molecule has 2 fully saturated rings. The van der Waals surface area contributed by atoms with E-state index in [2.05, 4.69) is 6.92 Å². The Kier molecular flexibility index (Phi) is 4.52. The summed E-state index contributed by atoms with van der Waals surface area (Å²) in [5.41, 5.74) is 0.425. The highest BCUT2D eigenvalue weighted by Crippen LogP contribution is 2.49. The summed E-state index contributed by atoms with van der Waals surface area (Å²) in [5, 5.41) is 10.3. The summed E-state index contributed by atoms with van der Waals surface area (Å²) in [6.45, 7) is 4.50. The molecule has 2 aliphatic carbocycles. The molecule has 0 aromatic carbocycles. The van der Waals surface area contributed by atoms with E-state index in [-0.39, 0.29) is 6.10 Å². The summed E-state index contributed by atoms with van der Waals surface area (Å²) in [6.07, 6.45) is 13.7. The second kappa shape index (κ2) is 5.73. The van der Waals surface area contributed by atoms with Crippen LogP contribution in [0.25, 0.3) is 0 Å². The van der Waals surface area contributed by atoms with Gasteiger partial charge in [0.1, 0.15) is 0 Å². The van der Waals surface area contributed by atoms with Crippen LogP contribution in [-0.2, 0) is 0 Å². The lowest BCUT2D eigenvalue weighted by Crippen LogP contribution is -2.42. The van der Waals surface area contributed by atoms with Gasteiger partial charge in [-0.25, -0.2) is 0 Å². The first-order valence-electron chi connectivity index (χ1n) is 7.81. The lowest BCUT2D eigenvalue weighted by molar-refractivity contribution is -0.0326. The molecule has 0 bridgehead atoms. The Bertz CT molecular complexity index is 222. The zero-order valence-electron chi connectivity index (χ0n) is 11.8. The quantitative estimate of drug-likeness (QED) is 0.765. The van der Waals surface area contributed by atoms with Crippen molar-refractivity contribution in [2.45, 2.75) is 84.2 Å². The molecule has 0 aliphatic heterocycles. The lowest BCUT2D eigenvalue weighted by Gasteiger charge is -2.47. The van der Waals surface area contributed by atoms with Crippen molar-refractivity contribution >= 4 is 0 Å². The second-order valence-corrected chi connectivity index (χ2v) is 6.88. The van der Waals surface area contributed by atoms with Crippen molar-refractivity contribution in [3.63, 3.8) is 0 Å². The minimum absolute atomic E-state index is 0.110. The Balaban J connectivity index is 2.09. The van der Waals surface area contributed by atoms with Crippen molar-refractivity contribution in [2.24, 2.45) is 17.3 Å². The Labute approximate surface area is 107 Å². The maximum Gasteiger partial charge on any atom is 0.0548 e. The minimum Gasteiger partial charge on any atom is -0.393 e. The van der Waals surface area contributed by atoms with Crippen LogP contribution in [0.4, 0.5) is 0 Å². The molecule has 2 atom stereocenters. The van der Waals surface area contributed by atoms with E-state index < -0.39 is 0 Å². The zero-order valence-corrected chi connectivity index (χ0v) is 11.8. The number of hydrogen-bond acceptors (Lipinski definition) is 1. The Morgan fingerprint density at radius 1 is 0.941 bits per heavy atom. The van der Waals surface area contributed by atoms with E-state index >= 15 is 0 Å². The largest absolute Gasteiger partial charge is 0.393 e. The predicted molar refractivity (Wildman–Crippen MR) is 72.9 cm³/mol. The molecule has 2 saturated carbocycles. The molecule has 2 rings (SSSR count). The average molecular weight is 238 g/mol. The van der Waals surface area contributed by atoms with Crippen LogP contribution in [0.15, 0.2) is 0 Å². The van der Waals surface area contributed by atoms with Gasteiger partial charge in [-0.15, -0.1) is 0 Å². The van der Waals surface area contributed by atoms with E-state index in [9.17, 15) is 5.11 Å². The highest BCUT2D eigenvalue weighted by molar-refractivity contribution is 4.92. The van der Waals surface area contributed by atoms with Crippen LogP contribution >= 0.6 is 0 Å². The average Bonchev–Trinajstić information content (AvgIpc) is 2.30.